The fourth-order valence-corrected chi connectivity index (χ4v) is 4.23. The van der Waals surface area contributed by atoms with E-state index in [1.54, 1.807) is 4.90 Å². The van der Waals surface area contributed by atoms with Crippen molar-refractivity contribution in [2.24, 2.45) is 11.8 Å². The smallest absolute Gasteiger partial charge is 0.227 e. The SMILES string of the molecule is Cc1cc(C)c(N2CC(C(=O)NC3CCNCC3C)CC2=O)c(C)c1.Cl. The van der Waals surface area contributed by atoms with Crippen molar-refractivity contribution in [2.45, 2.75) is 46.6 Å². The number of hydrogen-bond donors (Lipinski definition) is 2. The number of amides is 2. The van der Waals surface area contributed by atoms with Crippen molar-refractivity contribution in [3.8, 4) is 0 Å². The molecular weight excluding hydrogens is 350 g/mol. The van der Waals surface area contributed by atoms with Gasteiger partial charge in [0.25, 0.3) is 0 Å². The molecule has 3 rings (SSSR count). The summed E-state index contributed by atoms with van der Waals surface area (Å²) in [7, 11) is 0. The number of anilines is 1. The van der Waals surface area contributed by atoms with E-state index in [9.17, 15) is 9.59 Å². The third-order valence-corrected chi connectivity index (χ3v) is 5.51. The van der Waals surface area contributed by atoms with Gasteiger partial charge in [0.1, 0.15) is 0 Å². The van der Waals surface area contributed by atoms with E-state index in [-0.39, 0.29) is 36.2 Å². The van der Waals surface area contributed by atoms with Crippen LogP contribution in [-0.2, 0) is 9.59 Å². The lowest BCUT2D eigenvalue weighted by Gasteiger charge is -2.31. The first-order valence-corrected chi connectivity index (χ1v) is 9.26. The highest BCUT2D eigenvalue weighted by atomic mass is 35.5. The van der Waals surface area contributed by atoms with Crippen molar-refractivity contribution in [1.82, 2.24) is 10.6 Å². The van der Waals surface area contributed by atoms with Crippen molar-refractivity contribution < 1.29 is 9.59 Å². The Morgan fingerprint density at radius 1 is 1.23 bits per heavy atom. The molecule has 2 N–H and O–H groups in total. The first-order valence-electron chi connectivity index (χ1n) is 9.26. The quantitative estimate of drug-likeness (QED) is 0.848. The van der Waals surface area contributed by atoms with E-state index in [1.165, 1.54) is 5.56 Å². The van der Waals surface area contributed by atoms with Gasteiger partial charge in [0.05, 0.1) is 5.92 Å². The molecule has 0 spiro atoms. The second kappa shape index (κ2) is 8.40. The van der Waals surface area contributed by atoms with Crippen LogP contribution in [0.25, 0.3) is 0 Å². The number of aryl methyl sites for hydroxylation is 3. The number of carbonyl (C=O) groups excluding carboxylic acids is 2. The van der Waals surface area contributed by atoms with Gasteiger partial charge in [-0.2, -0.15) is 0 Å². The van der Waals surface area contributed by atoms with Crippen LogP contribution in [0.2, 0.25) is 0 Å². The number of piperidine rings is 1. The van der Waals surface area contributed by atoms with Gasteiger partial charge >= 0.3 is 0 Å². The topological polar surface area (TPSA) is 61.4 Å². The zero-order valence-corrected chi connectivity index (χ0v) is 16.9. The Balaban J connectivity index is 0.00000243. The van der Waals surface area contributed by atoms with Gasteiger partial charge in [-0.25, -0.2) is 0 Å². The lowest BCUT2D eigenvalue weighted by Crippen LogP contribution is -2.50. The number of rotatable bonds is 3. The lowest BCUT2D eigenvalue weighted by atomic mass is 9.94. The number of carbonyl (C=O) groups is 2. The van der Waals surface area contributed by atoms with Crippen molar-refractivity contribution in [3.63, 3.8) is 0 Å². The number of nitrogens with zero attached hydrogens (tertiary/aromatic N) is 1. The number of benzene rings is 1. The Morgan fingerprint density at radius 2 is 1.88 bits per heavy atom. The average molecular weight is 380 g/mol. The van der Waals surface area contributed by atoms with Crippen LogP contribution in [0.4, 0.5) is 5.69 Å². The summed E-state index contributed by atoms with van der Waals surface area (Å²) in [6.07, 6.45) is 1.26. The maximum Gasteiger partial charge on any atom is 0.227 e. The van der Waals surface area contributed by atoms with Crippen LogP contribution < -0.4 is 15.5 Å². The van der Waals surface area contributed by atoms with Gasteiger partial charge in [-0.1, -0.05) is 24.6 Å². The highest BCUT2D eigenvalue weighted by molar-refractivity contribution is 6.01. The Hall–Kier alpha value is -1.59. The normalized spacial score (nSPS) is 25.8. The van der Waals surface area contributed by atoms with Crippen molar-refractivity contribution in [3.05, 3.63) is 28.8 Å². The minimum absolute atomic E-state index is 0. The predicted octanol–water partition coefficient (Wildman–Crippen LogP) is 2.50. The summed E-state index contributed by atoms with van der Waals surface area (Å²) in [5.74, 6) is 0.243. The number of halogens is 1. The van der Waals surface area contributed by atoms with E-state index in [1.807, 2.05) is 13.8 Å². The largest absolute Gasteiger partial charge is 0.353 e. The number of hydrogen-bond acceptors (Lipinski definition) is 3. The van der Waals surface area contributed by atoms with E-state index in [0.717, 1.165) is 36.3 Å². The van der Waals surface area contributed by atoms with Gasteiger partial charge in [0.2, 0.25) is 11.8 Å². The average Bonchev–Trinajstić information content (AvgIpc) is 2.90. The zero-order chi connectivity index (χ0) is 18.1. The molecule has 2 fully saturated rings. The molecule has 0 aromatic heterocycles. The molecule has 0 bridgehead atoms. The van der Waals surface area contributed by atoms with Crippen LogP contribution in [0, 0.1) is 32.6 Å². The third-order valence-electron chi connectivity index (χ3n) is 5.51. The molecule has 2 amide bonds. The van der Waals surface area contributed by atoms with Crippen LogP contribution in [-0.4, -0.2) is 37.5 Å². The Bertz CT molecular complexity index is 669. The summed E-state index contributed by atoms with van der Waals surface area (Å²) >= 11 is 0. The summed E-state index contributed by atoms with van der Waals surface area (Å²) in [5.41, 5.74) is 4.36. The summed E-state index contributed by atoms with van der Waals surface area (Å²) < 4.78 is 0. The van der Waals surface area contributed by atoms with Crippen LogP contribution >= 0.6 is 12.4 Å². The molecule has 2 heterocycles. The summed E-state index contributed by atoms with van der Waals surface area (Å²) in [6, 6.07) is 4.40. The second-order valence-electron chi connectivity index (χ2n) is 7.74. The van der Waals surface area contributed by atoms with E-state index < -0.39 is 0 Å². The third kappa shape index (κ3) is 4.21. The molecule has 26 heavy (non-hydrogen) atoms. The fourth-order valence-electron chi connectivity index (χ4n) is 4.23. The predicted molar refractivity (Wildman–Crippen MR) is 107 cm³/mol. The zero-order valence-electron chi connectivity index (χ0n) is 16.1. The molecule has 1 aromatic rings. The maximum absolute atomic E-state index is 12.7. The van der Waals surface area contributed by atoms with Crippen LogP contribution in [0.1, 0.15) is 36.5 Å². The molecule has 5 nitrogen and oxygen atoms in total. The van der Waals surface area contributed by atoms with E-state index in [4.69, 9.17) is 0 Å². The minimum Gasteiger partial charge on any atom is -0.353 e. The lowest BCUT2D eigenvalue weighted by molar-refractivity contribution is -0.127. The monoisotopic (exact) mass is 379 g/mol. The Labute approximate surface area is 162 Å². The fraction of sp³-hybridized carbons (Fsp3) is 0.600. The van der Waals surface area contributed by atoms with Crippen LogP contribution in [0.3, 0.4) is 0 Å². The van der Waals surface area contributed by atoms with Gasteiger partial charge < -0.3 is 15.5 Å². The molecule has 3 unspecified atom stereocenters. The molecule has 0 aliphatic carbocycles. The molecule has 2 saturated heterocycles. The standard InChI is InChI=1S/C20H29N3O2.ClH/c1-12-7-13(2)19(14(3)8-12)23-11-16(9-18(23)24)20(25)22-17-5-6-21-10-15(17)4;/h7-8,15-17,21H,5-6,9-11H2,1-4H3,(H,22,25);1H. The van der Waals surface area contributed by atoms with Crippen molar-refractivity contribution in [1.29, 1.82) is 0 Å². The maximum atomic E-state index is 12.7. The van der Waals surface area contributed by atoms with E-state index >= 15 is 0 Å². The van der Waals surface area contributed by atoms with E-state index in [0.29, 0.717) is 18.9 Å². The highest BCUT2D eigenvalue weighted by Gasteiger charge is 2.37. The Kier molecular flexibility index (Phi) is 6.69. The van der Waals surface area contributed by atoms with Crippen molar-refractivity contribution >= 4 is 29.9 Å². The second-order valence-corrected chi connectivity index (χ2v) is 7.74. The molecule has 2 aliphatic heterocycles. The van der Waals surface area contributed by atoms with Crippen LogP contribution in [0.5, 0.6) is 0 Å². The van der Waals surface area contributed by atoms with Crippen molar-refractivity contribution in [2.75, 3.05) is 24.5 Å². The summed E-state index contributed by atoms with van der Waals surface area (Å²) in [4.78, 5) is 27.1. The van der Waals surface area contributed by atoms with Gasteiger partial charge in [0.15, 0.2) is 0 Å². The summed E-state index contributed by atoms with van der Waals surface area (Å²) in [6.45, 7) is 10.6. The molecular formula is C20H30ClN3O2. The molecule has 144 valence electrons. The first-order chi connectivity index (χ1) is 11.9. The van der Waals surface area contributed by atoms with Crippen LogP contribution in [0.15, 0.2) is 12.1 Å². The van der Waals surface area contributed by atoms with Gasteiger partial charge in [-0.15, -0.1) is 12.4 Å². The molecule has 0 saturated carbocycles. The van der Waals surface area contributed by atoms with E-state index in [2.05, 4.69) is 36.6 Å². The summed E-state index contributed by atoms with van der Waals surface area (Å²) in [5, 5.41) is 6.53. The minimum atomic E-state index is -0.255. The highest BCUT2D eigenvalue weighted by Crippen LogP contribution is 2.32. The molecule has 2 aliphatic rings. The number of nitrogens with one attached hydrogen (secondary N) is 2. The van der Waals surface area contributed by atoms with Gasteiger partial charge in [0, 0.05) is 24.7 Å². The molecule has 3 atom stereocenters. The Morgan fingerprint density at radius 3 is 2.50 bits per heavy atom. The molecule has 6 heteroatoms. The van der Waals surface area contributed by atoms with Gasteiger partial charge in [-0.3, -0.25) is 9.59 Å². The molecule has 0 radical (unpaired) electrons. The van der Waals surface area contributed by atoms with Gasteiger partial charge in [-0.05, 0) is 57.3 Å². The molecule has 1 aromatic carbocycles. The first kappa shape index (κ1) is 20.7.